The van der Waals surface area contributed by atoms with Crippen LogP contribution in [0.1, 0.15) is 106 Å². The number of pyridine rings is 4. The van der Waals surface area contributed by atoms with Crippen LogP contribution >= 0.6 is 24.0 Å². The van der Waals surface area contributed by atoms with E-state index in [1.165, 1.54) is 97.1 Å². The van der Waals surface area contributed by atoms with E-state index < -0.39 is 0 Å². The Morgan fingerprint density at radius 2 is 0.684 bits per heavy atom. The van der Waals surface area contributed by atoms with Crippen molar-refractivity contribution in [1.29, 1.82) is 0 Å². The van der Waals surface area contributed by atoms with Gasteiger partial charge in [0.2, 0.25) is 0 Å². The Bertz CT molecular complexity index is 4000. The summed E-state index contributed by atoms with van der Waals surface area (Å²) in [6.45, 7) is 15.7. The molecule has 5 N–H and O–H groups in total. The molecule has 95 heavy (non-hydrogen) atoms. The predicted molar refractivity (Wildman–Crippen MR) is 393 cm³/mol. The monoisotopic (exact) mass is 1340 g/mol. The van der Waals surface area contributed by atoms with Gasteiger partial charge in [-0.3, -0.25) is 29.0 Å². The van der Waals surface area contributed by atoms with Gasteiger partial charge in [0.15, 0.2) is 0 Å². The Morgan fingerprint density at radius 3 is 1.01 bits per heavy atom. The number of methoxy groups -OCH3 is 1. The molecule has 3 saturated heterocycles. The number of H-pyrrole nitrogens is 4. The number of benzene rings is 4. The smallest absolute Gasteiger partial charge is 0.253 e. The number of fused-ring (bicyclic) bond motifs is 12. The molecule has 4 aromatic heterocycles. The van der Waals surface area contributed by atoms with Gasteiger partial charge in [0.05, 0.1) is 51.9 Å². The molecule has 0 bridgehead atoms. The first-order valence-corrected chi connectivity index (χ1v) is 35.1. The number of phenols is 1. The number of nitrogens with zero attached hydrogens (tertiary/aromatic N) is 7. The quantitative estimate of drug-likeness (QED) is 0.0765. The van der Waals surface area contributed by atoms with Crippen LogP contribution in [-0.4, -0.2) is 179 Å². The average Bonchev–Trinajstić information content (AvgIpc) is 0.801. The standard InChI is InChI=1S/2C20H27N3O2.C14H16N2O2.C13H14N2O2.C7H14ClN.ClH/c2*1-22-9-5-6-16-19(22)17-14-15(7-8-18(17)21-20(16)24)25-13-12-23-10-3-2-4-11-23;1-16-7-3-4-10-13(16)11-8-9(18-2)5-6-12(11)15-14(10)17;1-15-6-2-3-9-12(15)10-7-8(16)4-5-11(10)14-13(9)17;8-4-7-9-5-2-1-3-6-9;/h2*7-8,14H,2-6,9-13H2,1H3,(H,21,24);5-6,8H,3-4,7H2,1-2H3,(H,15,17);4-5,7,16H,2-3,6H2,1H3,(H,14,17);1-7H2;1H. The third kappa shape index (κ3) is 17.2. The molecule has 0 atom stereocenters. The van der Waals surface area contributed by atoms with E-state index >= 15 is 0 Å². The Morgan fingerprint density at radius 1 is 0.389 bits per heavy atom. The molecule has 0 amide bonds. The molecule has 19 nitrogen and oxygen atoms in total. The molecule has 21 heteroatoms. The summed E-state index contributed by atoms with van der Waals surface area (Å²) in [5, 5.41) is 13.7. The zero-order valence-corrected chi connectivity index (χ0v) is 58.1. The summed E-state index contributed by atoms with van der Waals surface area (Å²) in [7, 11) is 9.82. The minimum absolute atomic E-state index is 0. The molecule has 0 spiro atoms. The number of rotatable bonds is 11. The lowest BCUT2D eigenvalue weighted by Gasteiger charge is -2.28. The van der Waals surface area contributed by atoms with Gasteiger partial charge >= 0.3 is 0 Å². The van der Waals surface area contributed by atoms with Crippen molar-refractivity contribution in [2.45, 2.75) is 109 Å². The summed E-state index contributed by atoms with van der Waals surface area (Å²) < 4.78 is 17.3. The third-order valence-electron chi connectivity index (χ3n) is 19.8. The lowest BCUT2D eigenvalue weighted by Crippen LogP contribution is -2.33. The van der Waals surface area contributed by atoms with Gasteiger partial charge in [0.25, 0.3) is 22.2 Å². The van der Waals surface area contributed by atoms with E-state index in [1.54, 1.807) is 25.3 Å². The topological polar surface area (TPSA) is 202 Å². The molecule has 3 fully saturated rings. The van der Waals surface area contributed by atoms with Gasteiger partial charge < -0.3 is 63.8 Å². The Kier molecular flexibility index (Phi) is 24.8. The van der Waals surface area contributed by atoms with Gasteiger partial charge in [-0.15, -0.1) is 24.0 Å². The maximum Gasteiger partial charge on any atom is 0.253 e. The van der Waals surface area contributed by atoms with E-state index in [4.69, 9.17) is 25.8 Å². The summed E-state index contributed by atoms with van der Waals surface area (Å²) in [4.78, 5) is 76.6. The number of alkyl halides is 1. The number of halogens is 2. The van der Waals surface area contributed by atoms with Crippen molar-refractivity contribution in [3.05, 3.63) is 136 Å². The molecular formula is C74H99Cl2N11O8. The fourth-order valence-corrected chi connectivity index (χ4v) is 15.1. The molecule has 512 valence electrons. The number of hydrogen-bond donors (Lipinski definition) is 5. The zero-order valence-electron chi connectivity index (χ0n) is 56.5. The van der Waals surface area contributed by atoms with E-state index in [1.807, 2.05) is 56.6 Å². The highest BCUT2D eigenvalue weighted by Gasteiger charge is 2.25. The van der Waals surface area contributed by atoms with Crippen LogP contribution in [0.4, 0.5) is 22.7 Å². The first kappa shape index (κ1) is 70.4. The number of aromatic hydroxyl groups is 1. The van der Waals surface area contributed by atoms with Gasteiger partial charge in [-0.2, -0.15) is 0 Å². The number of hydrogen-bond acceptors (Lipinski definition) is 15. The number of likely N-dealkylation sites (tertiary alicyclic amines) is 3. The maximum absolute atomic E-state index is 12.3. The first-order valence-electron chi connectivity index (χ1n) is 34.6. The van der Waals surface area contributed by atoms with E-state index in [0.717, 1.165) is 209 Å². The first-order chi connectivity index (χ1) is 45.7. The Balaban J connectivity index is 0.000000133. The Labute approximate surface area is 569 Å². The van der Waals surface area contributed by atoms with Crippen LogP contribution in [0.5, 0.6) is 23.0 Å². The Hall–Kier alpha value is -7.42. The zero-order chi connectivity index (χ0) is 65.7. The molecule has 4 aromatic carbocycles. The molecule has 0 saturated carbocycles. The molecular weight excluding hydrogens is 1240 g/mol. The number of aromatic nitrogens is 4. The summed E-state index contributed by atoms with van der Waals surface area (Å²) in [6.07, 6.45) is 19.6. The molecule has 0 radical (unpaired) electrons. The van der Waals surface area contributed by atoms with E-state index in [0.29, 0.717) is 13.2 Å². The van der Waals surface area contributed by atoms with Crippen LogP contribution < -0.4 is 56.0 Å². The molecule has 0 aliphatic carbocycles. The lowest BCUT2D eigenvalue weighted by molar-refractivity contribution is 0.183. The van der Waals surface area contributed by atoms with E-state index in [-0.39, 0.29) is 40.4 Å². The number of nitrogens with one attached hydrogen (secondary N) is 4. The molecule has 0 unspecified atom stereocenters. The van der Waals surface area contributed by atoms with Crippen LogP contribution in [-0.2, 0) is 25.7 Å². The summed E-state index contributed by atoms with van der Waals surface area (Å²) in [5.74, 6) is 3.61. The van der Waals surface area contributed by atoms with Crippen molar-refractivity contribution in [2.75, 3.05) is 159 Å². The van der Waals surface area contributed by atoms with Crippen molar-refractivity contribution < 1.29 is 19.3 Å². The van der Waals surface area contributed by atoms with Crippen molar-refractivity contribution in [3.8, 4) is 23.0 Å². The summed E-state index contributed by atoms with van der Waals surface area (Å²) in [6, 6.07) is 22.8. The second kappa shape index (κ2) is 33.5. The number of piperidine rings is 3. The molecule has 7 aliphatic heterocycles. The van der Waals surface area contributed by atoms with Crippen molar-refractivity contribution >= 4 is 90.4 Å². The largest absolute Gasteiger partial charge is 0.508 e. The van der Waals surface area contributed by atoms with E-state index in [2.05, 4.69) is 80.5 Å². The van der Waals surface area contributed by atoms with Crippen LogP contribution in [0, 0.1) is 0 Å². The number of phenolic OH excluding ortho intramolecular Hbond substituents is 1. The fourth-order valence-electron chi connectivity index (χ4n) is 14.8. The van der Waals surface area contributed by atoms with Crippen molar-refractivity contribution in [2.24, 2.45) is 0 Å². The molecule has 7 aliphatic rings. The van der Waals surface area contributed by atoms with Gasteiger partial charge in [0.1, 0.15) is 36.2 Å². The van der Waals surface area contributed by atoms with E-state index in [9.17, 15) is 24.3 Å². The molecule has 8 aromatic rings. The molecule has 11 heterocycles. The van der Waals surface area contributed by atoms with Crippen molar-refractivity contribution in [1.82, 2.24) is 34.6 Å². The van der Waals surface area contributed by atoms with Crippen LogP contribution in [0.15, 0.2) is 92.0 Å². The fraction of sp³-hybridized carbons (Fsp3) is 0.514. The maximum atomic E-state index is 12.3. The number of aromatic amines is 4. The van der Waals surface area contributed by atoms with Gasteiger partial charge in [-0.1, -0.05) is 19.3 Å². The SMILES string of the molecule is CN1CCCc2c1c1cc(O)ccc1[nH]c2=O.CN1CCCc2c1c1cc(OCCN3CCCCC3)ccc1[nH]c2=O.CN1CCCc2c1c1cc(OCCN3CCCCC3)ccc1[nH]c2=O.COc1ccc2[nH]c(=O)c3c(c2c1)N(C)CCC3.Cl.ClCCN1CCCCC1. The highest BCUT2D eigenvalue weighted by atomic mass is 35.5. The highest BCUT2D eigenvalue weighted by molar-refractivity contribution is 6.18. The average molecular weight is 1340 g/mol. The minimum atomic E-state index is -0.00950. The second-order valence-corrected chi connectivity index (χ2v) is 26.8. The van der Waals surface area contributed by atoms with Gasteiger partial charge in [-0.25, -0.2) is 0 Å². The third-order valence-corrected chi connectivity index (χ3v) is 19.9. The van der Waals surface area contributed by atoms with Crippen LogP contribution in [0.25, 0.3) is 43.6 Å². The number of anilines is 4. The second-order valence-electron chi connectivity index (χ2n) is 26.4. The van der Waals surface area contributed by atoms with Crippen molar-refractivity contribution in [3.63, 3.8) is 0 Å². The number of ether oxygens (including phenoxy) is 3. The lowest BCUT2D eigenvalue weighted by atomic mass is 10.00. The molecule has 15 rings (SSSR count). The van der Waals surface area contributed by atoms with Crippen LogP contribution in [0.3, 0.4) is 0 Å². The van der Waals surface area contributed by atoms with Crippen LogP contribution in [0.2, 0.25) is 0 Å². The summed E-state index contributed by atoms with van der Waals surface area (Å²) in [5.41, 5.74) is 11.3. The minimum Gasteiger partial charge on any atom is -0.508 e. The summed E-state index contributed by atoms with van der Waals surface area (Å²) >= 11 is 5.59. The van der Waals surface area contributed by atoms with Gasteiger partial charge in [0, 0.05) is 124 Å². The normalized spacial score (nSPS) is 17.2. The highest BCUT2D eigenvalue weighted by Crippen LogP contribution is 2.37. The predicted octanol–water partition coefficient (Wildman–Crippen LogP) is 11.2. The van der Waals surface area contributed by atoms with Gasteiger partial charge in [-0.05, 0) is 202 Å².